The highest BCUT2D eigenvalue weighted by atomic mass is 16.3. The van der Waals surface area contributed by atoms with Crippen molar-refractivity contribution in [2.45, 2.75) is 47.1 Å². The summed E-state index contributed by atoms with van der Waals surface area (Å²) in [5.74, 6) is 0.202. The Hall–Kier alpha value is -1.35. The van der Waals surface area contributed by atoms with Crippen molar-refractivity contribution in [3.05, 3.63) is 29.8 Å². The van der Waals surface area contributed by atoms with Gasteiger partial charge in [-0.05, 0) is 31.0 Å². The number of nitrogens with two attached hydrogens (primary N) is 1. The molecule has 0 aliphatic rings. The van der Waals surface area contributed by atoms with Crippen molar-refractivity contribution in [3.63, 3.8) is 0 Å². The van der Waals surface area contributed by atoms with E-state index in [9.17, 15) is 4.79 Å². The van der Waals surface area contributed by atoms with Crippen LogP contribution >= 0.6 is 0 Å². The van der Waals surface area contributed by atoms with Crippen LogP contribution in [0, 0.1) is 0 Å². The van der Waals surface area contributed by atoms with E-state index < -0.39 is 6.04 Å². The van der Waals surface area contributed by atoms with E-state index in [1.54, 1.807) is 24.3 Å². The summed E-state index contributed by atoms with van der Waals surface area (Å²) in [5, 5.41) is 9.00. The molecule has 0 heterocycles. The maximum absolute atomic E-state index is 10.8. The minimum absolute atomic E-state index is 0.0203. The van der Waals surface area contributed by atoms with Crippen LogP contribution in [0.25, 0.3) is 0 Å². The Balaban J connectivity index is 0. The first-order valence-electron chi connectivity index (χ1n) is 6.13. The Morgan fingerprint density at radius 1 is 1.18 bits per heavy atom. The smallest absolute Gasteiger partial charge is 0.146 e. The lowest BCUT2D eigenvalue weighted by Gasteiger charge is -2.07. The summed E-state index contributed by atoms with van der Waals surface area (Å²) < 4.78 is 0. The van der Waals surface area contributed by atoms with Crippen molar-refractivity contribution < 1.29 is 9.90 Å². The third-order valence-electron chi connectivity index (χ3n) is 1.91. The summed E-state index contributed by atoms with van der Waals surface area (Å²) >= 11 is 0. The Labute approximate surface area is 105 Å². The highest BCUT2D eigenvalue weighted by molar-refractivity contribution is 5.81. The van der Waals surface area contributed by atoms with Crippen LogP contribution in [0.1, 0.15) is 40.2 Å². The molecule has 1 aromatic rings. The fourth-order valence-corrected chi connectivity index (χ4v) is 1.03. The van der Waals surface area contributed by atoms with Crippen molar-refractivity contribution in [3.8, 4) is 5.75 Å². The highest BCUT2D eigenvalue weighted by Gasteiger charge is 2.08. The number of aromatic hydroxyl groups is 1. The fourth-order valence-electron chi connectivity index (χ4n) is 1.03. The molecule has 0 saturated carbocycles. The number of carbonyl (C=O) groups excluding carboxylic acids is 1. The van der Waals surface area contributed by atoms with Crippen LogP contribution in [-0.2, 0) is 11.2 Å². The van der Waals surface area contributed by atoms with E-state index in [1.807, 2.05) is 27.7 Å². The average Bonchev–Trinajstić information content (AvgIpc) is 2.37. The van der Waals surface area contributed by atoms with Crippen molar-refractivity contribution in [1.29, 1.82) is 0 Å². The quantitative estimate of drug-likeness (QED) is 0.852. The minimum atomic E-state index is -0.440. The Kier molecular flexibility index (Phi) is 11.8. The van der Waals surface area contributed by atoms with Crippen LogP contribution in [0.4, 0.5) is 0 Å². The number of ketones is 1. The van der Waals surface area contributed by atoms with Gasteiger partial charge in [0.2, 0.25) is 0 Å². The van der Waals surface area contributed by atoms with Gasteiger partial charge in [-0.3, -0.25) is 4.79 Å². The summed E-state index contributed by atoms with van der Waals surface area (Å²) in [6.45, 7) is 9.48. The van der Waals surface area contributed by atoms with Gasteiger partial charge in [-0.15, -0.1) is 0 Å². The van der Waals surface area contributed by atoms with Crippen LogP contribution in [-0.4, -0.2) is 16.9 Å². The predicted molar refractivity (Wildman–Crippen MR) is 73.2 cm³/mol. The van der Waals surface area contributed by atoms with Gasteiger partial charge in [0.1, 0.15) is 11.5 Å². The minimum Gasteiger partial charge on any atom is -0.508 e. The van der Waals surface area contributed by atoms with E-state index in [1.165, 1.54) is 6.92 Å². The van der Waals surface area contributed by atoms with Crippen LogP contribution in [0.3, 0.4) is 0 Å². The molecule has 0 aliphatic heterocycles. The van der Waals surface area contributed by atoms with E-state index >= 15 is 0 Å². The predicted octanol–water partition coefficient (Wildman–Crippen LogP) is 2.90. The van der Waals surface area contributed by atoms with Gasteiger partial charge < -0.3 is 10.8 Å². The van der Waals surface area contributed by atoms with E-state index in [-0.39, 0.29) is 11.5 Å². The molecule has 0 radical (unpaired) electrons. The van der Waals surface area contributed by atoms with Crippen molar-refractivity contribution in [1.82, 2.24) is 0 Å². The zero-order valence-electron chi connectivity index (χ0n) is 11.5. The van der Waals surface area contributed by atoms with E-state index in [2.05, 4.69) is 0 Å². The normalized spacial score (nSPS) is 10.2. The Morgan fingerprint density at radius 3 is 1.94 bits per heavy atom. The number of hydrogen-bond donors (Lipinski definition) is 2. The van der Waals surface area contributed by atoms with Crippen LogP contribution < -0.4 is 5.73 Å². The lowest BCUT2D eigenvalue weighted by atomic mass is 10.0. The number of hydrogen-bond acceptors (Lipinski definition) is 3. The van der Waals surface area contributed by atoms with E-state index in [0.717, 1.165) is 5.56 Å². The lowest BCUT2D eigenvalue weighted by Crippen LogP contribution is -2.30. The summed E-state index contributed by atoms with van der Waals surface area (Å²) in [6, 6.07) is 6.25. The molecule has 98 valence electrons. The third kappa shape index (κ3) is 8.46. The van der Waals surface area contributed by atoms with Crippen molar-refractivity contribution >= 4 is 5.78 Å². The van der Waals surface area contributed by atoms with Gasteiger partial charge in [0.15, 0.2) is 0 Å². The number of rotatable bonds is 3. The van der Waals surface area contributed by atoms with E-state index in [0.29, 0.717) is 6.42 Å². The molecular weight excluding hydrogens is 214 g/mol. The highest BCUT2D eigenvalue weighted by Crippen LogP contribution is 2.10. The van der Waals surface area contributed by atoms with Gasteiger partial charge in [0.05, 0.1) is 6.04 Å². The molecule has 0 saturated heterocycles. The Morgan fingerprint density at radius 2 is 1.59 bits per heavy atom. The first kappa shape index (κ1) is 18.0. The van der Waals surface area contributed by atoms with Gasteiger partial charge in [0.25, 0.3) is 0 Å². The summed E-state index contributed by atoms with van der Waals surface area (Å²) in [4.78, 5) is 10.8. The van der Waals surface area contributed by atoms with Gasteiger partial charge in [0, 0.05) is 0 Å². The molecule has 0 amide bonds. The molecule has 1 atom stereocenters. The largest absolute Gasteiger partial charge is 0.508 e. The molecule has 3 heteroatoms. The van der Waals surface area contributed by atoms with Crippen LogP contribution in [0.2, 0.25) is 0 Å². The topological polar surface area (TPSA) is 63.3 Å². The van der Waals surface area contributed by atoms with Gasteiger partial charge in [-0.2, -0.15) is 0 Å². The maximum Gasteiger partial charge on any atom is 0.146 e. The number of carbonyl (C=O) groups is 1. The third-order valence-corrected chi connectivity index (χ3v) is 1.91. The summed E-state index contributed by atoms with van der Waals surface area (Å²) in [7, 11) is 0. The van der Waals surface area contributed by atoms with Gasteiger partial charge in [-0.1, -0.05) is 39.8 Å². The molecular formula is C14H25NO2. The molecule has 0 fully saturated rings. The molecule has 1 aromatic carbocycles. The first-order valence-corrected chi connectivity index (χ1v) is 6.13. The van der Waals surface area contributed by atoms with Crippen molar-refractivity contribution in [2.24, 2.45) is 5.73 Å². The molecule has 0 aromatic heterocycles. The lowest BCUT2D eigenvalue weighted by molar-refractivity contribution is -0.118. The monoisotopic (exact) mass is 239 g/mol. The zero-order chi connectivity index (χ0) is 13.8. The second kappa shape index (κ2) is 11.1. The summed E-state index contributed by atoms with van der Waals surface area (Å²) in [6.07, 6.45) is 0.523. The van der Waals surface area contributed by atoms with Crippen LogP contribution in [0.5, 0.6) is 5.75 Å². The molecule has 1 rings (SSSR count). The molecule has 0 unspecified atom stereocenters. The average molecular weight is 239 g/mol. The zero-order valence-corrected chi connectivity index (χ0v) is 11.5. The second-order valence-corrected chi connectivity index (χ2v) is 3.09. The molecule has 17 heavy (non-hydrogen) atoms. The first-order chi connectivity index (χ1) is 8.09. The Bertz CT molecular complexity index is 294. The van der Waals surface area contributed by atoms with Gasteiger partial charge >= 0.3 is 0 Å². The molecule has 0 spiro atoms. The van der Waals surface area contributed by atoms with E-state index in [4.69, 9.17) is 10.8 Å². The standard InChI is InChI=1S/C10H13NO2.2C2H6/c1-7(12)10(11)6-8-2-4-9(13)5-3-8;2*1-2/h2-5,10,13H,6,11H2,1H3;2*1-2H3/t10-;;/m1../s1. The SMILES string of the molecule is CC.CC.CC(=O)[C@H](N)Cc1ccc(O)cc1. The van der Waals surface area contributed by atoms with Crippen molar-refractivity contribution in [2.75, 3.05) is 0 Å². The number of phenols is 1. The van der Waals surface area contributed by atoms with Gasteiger partial charge in [-0.25, -0.2) is 0 Å². The second-order valence-electron chi connectivity index (χ2n) is 3.09. The molecule has 0 bridgehead atoms. The van der Waals surface area contributed by atoms with Crippen LogP contribution in [0.15, 0.2) is 24.3 Å². The number of phenolic OH excluding ortho intramolecular Hbond substituents is 1. The summed E-state index contributed by atoms with van der Waals surface area (Å²) in [5.41, 5.74) is 6.53. The fraction of sp³-hybridized carbons (Fsp3) is 0.500. The molecule has 3 nitrogen and oxygen atoms in total. The number of Topliss-reactive ketones (excluding diaryl/α,β-unsaturated/α-hetero) is 1. The molecule has 3 N–H and O–H groups in total. The maximum atomic E-state index is 10.8. The number of benzene rings is 1. The molecule has 0 aliphatic carbocycles.